The summed E-state index contributed by atoms with van der Waals surface area (Å²) in [4.78, 5) is 0. The van der Waals surface area contributed by atoms with Crippen molar-refractivity contribution < 1.29 is 9.47 Å². The van der Waals surface area contributed by atoms with Crippen molar-refractivity contribution in [1.29, 1.82) is 0 Å². The molecule has 0 amide bonds. The van der Waals surface area contributed by atoms with Crippen LogP contribution in [0.5, 0.6) is 11.5 Å². The second-order valence-electron chi connectivity index (χ2n) is 5.57. The van der Waals surface area contributed by atoms with Crippen molar-refractivity contribution in [2.24, 2.45) is 5.73 Å². The lowest BCUT2D eigenvalue weighted by Gasteiger charge is -2.34. The van der Waals surface area contributed by atoms with E-state index in [0.29, 0.717) is 5.92 Å². The highest BCUT2D eigenvalue weighted by molar-refractivity contribution is 5.44. The molecule has 0 aromatic heterocycles. The summed E-state index contributed by atoms with van der Waals surface area (Å²) in [7, 11) is 3.30. The molecule has 0 saturated carbocycles. The van der Waals surface area contributed by atoms with Gasteiger partial charge in [-0.05, 0) is 41.7 Å². The predicted octanol–water partition coefficient (Wildman–Crippen LogP) is 2.91. The molecule has 1 aliphatic rings. The summed E-state index contributed by atoms with van der Waals surface area (Å²) in [5.74, 6) is 1.98. The lowest BCUT2D eigenvalue weighted by Crippen LogP contribution is -2.37. The van der Waals surface area contributed by atoms with E-state index >= 15 is 0 Å². The third-order valence-corrected chi connectivity index (χ3v) is 4.33. The van der Waals surface area contributed by atoms with E-state index in [-0.39, 0.29) is 6.04 Å². The fourth-order valence-corrected chi connectivity index (χ4v) is 3.10. The lowest BCUT2D eigenvalue weighted by molar-refractivity contribution is 0.354. The Hall–Kier alpha value is -2.00. The van der Waals surface area contributed by atoms with E-state index in [9.17, 15) is 0 Å². The number of ether oxygens (including phenoxy) is 2. The van der Waals surface area contributed by atoms with Crippen LogP contribution in [0.15, 0.2) is 42.5 Å². The van der Waals surface area contributed by atoms with E-state index in [2.05, 4.69) is 30.3 Å². The van der Waals surface area contributed by atoms with E-state index in [1.54, 1.807) is 14.2 Å². The van der Waals surface area contributed by atoms with Crippen molar-refractivity contribution >= 4 is 0 Å². The number of fused-ring (bicyclic) bond motifs is 1. The Morgan fingerprint density at radius 1 is 1.10 bits per heavy atom. The average molecular weight is 283 g/mol. The summed E-state index contributed by atoms with van der Waals surface area (Å²) in [6, 6.07) is 14.7. The highest BCUT2D eigenvalue weighted by Gasteiger charge is 2.30. The number of methoxy groups -OCH3 is 2. The SMILES string of the molecule is COc1ccc(CC(N)C2Cc3ccccc32)cc1OC. The molecular formula is C18H21NO2. The van der Waals surface area contributed by atoms with Gasteiger partial charge in [-0.2, -0.15) is 0 Å². The molecule has 1 aliphatic carbocycles. The van der Waals surface area contributed by atoms with Gasteiger partial charge in [0.05, 0.1) is 14.2 Å². The van der Waals surface area contributed by atoms with Gasteiger partial charge in [-0.15, -0.1) is 0 Å². The van der Waals surface area contributed by atoms with Gasteiger partial charge >= 0.3 is 0 Å². The highest BCUT2D eigenvalue weighted by atomic mass is 16.5. The topological polar surface area (TPSA) is 44.5 Å². The Kier molecular flexibility index (Phi) is 3.84. The first-order chi connectivity index (χ1) is 10.2. The maximum atomic E-state index is 6.42. The fraction of sp³-hybridized carbons (Fsp3) is 0.333. The van der Waals surface area contributed by atoms with Crippen LogP contribution < -0.4 is 15.2 Å². The van der Waals surface area contributed by atoms with Crippen LogP contribution in [-0.4, -0.2) is 20.3 Å². The molecule has 0 saturated heterocycles. The minimum Gasteiger partial charge on any atom is -0.493 e. The molecule has 110 valence electrons. The molecule has 3 heteroatoms. The molecule has 21 heavy (non-hydrogen) atoms. The second-order valence-corrected chi connectivity index (χ2v) is 5.57. The molecule has 0 aliphatic heterocycles. The number of nitrogens with two attached hydrogens (primary N) is 1. The van der Waals surface area contributed by atoms with Gasteiger partial charge in [0.1, 0.15) is 0 Å². The zero-order chi connectivity index (χ0) is 14.8. The number of rotatable bonds is 5. The first kappa shape index (κ1) is 14.0. The highest BCUT2D eigenvalue weighted by Crippen LogP contribution is 2.38. The molecule has 2 unspecified atom stereocenters. The van der Waals surface area contributed by atoms with Crippen molar-refractivity contribution in [1.82, 2.24) is 0 Å². The fourth-order valence-electron chi connectivity index (χ4n) is 3.10. The Morgan fingerprint density at radius 3 is 2.57 bits per heavy atom. The van der Waals surface area contributed by atoms with E-state index in [0.717, 1.165) is 24.3 Å². The Bertz CT molecular complexity index is 639. The summed E-state index contributed by atoms with van der Waals surface area (Å²) in [6.45, 7) is 0. The van der Waals surface area contributed by atoms with Crippen LogP contribution >= 0.6 is 0 Å². The van der Waals surface area contributed by atoms with Gasteiger partial charge in [0.15, 0.2) is 11.5 Å². The van der Waals surface area contributed by atoms with E-state index < -0.39 is 0 Å². The average Bonchev–Trinajstić information content (AvgIpc) is 2.48. The van der Waals surface area contributed by atoms with Gasteiger partial charge in [-0.25, -0.2) is 0 Å². The van der Waals surface area contributed by atoms with Gasteiger partial charge in [0.25, 0.3) is 0 Å². The lowest BCUT2D eigenvalue weighted by atomic mass is 9.72. The standard InChI is InChI=1S/C18H21NO2/c1-20-17-8-7-12(10-18(17)21-2)9-16(19)15-11-13-5-3-4-6-14(13)15/h3-8,10,15-16H,9,11,19H2,1-2H3. The van der Waals surface area contributed by atoms with E-state index in [1.165, 1.54) is 16.7 Å². The van der Waals surface area contributed by atoms with Gasteiger partial charge in [-0.1, -0.05) is 30.3 Å². The third-order valence-electron chi connectivity index (χ3n) is 4.33. The van der Waals surface area contributed by atoms with Gasteiger partial charge in [0, 0.05) is 12.0 Å². The summed E-state index contributed by atoms with van der Waals surface area (Å²) in [6.07, 6.45) is 1.93. The summed E-state index contributed by atoms with van der Waals surface area (Å²) in [5.41, 5.74) is 10.4. The molecule has 0 bridgehead atoms. The van der Waals surface area contributed by atoms with Crippen LogP contribution in [0.4, 0.5) is 0 Å². The normalized spacial score (nSPS) is 17.6. The Labute approximate surface area is 125 Å². The molecule has 2 aromatic rings. The van der Waals surface area contributed by atoms with Gasteiger partial charge < -0.3 is 15.2 Å². The molecule has 0 heterocycles. The van der Waals surface area contributed by atoms with Crippen LogP contribution in [0.25, 0.3) is 0 Å². The summed E-state index contributed by atoms with van der Waals surface area (Å²) < 4.78 is 10.6. The summed E-state index contributed by atoms with van der Waals surface area (Å²) >= 11 is 0. The Balaban J connectivity index is 1.73. The molecule has 0 fully saturated rings. The predicted molar refractivity (Wildman–Crippen MR) is 84.1 cm³/mol. The molecule has 2 N–H and O–H groups in total. The zero-order valence-electron chi connectivity index (χ0n) is 12.5. The molecule has 2 aromatic carbocycles. The van der Waals surface area contributed by atoms with Crippen molar-refractivity contribution in [3.8, 4) is 11.5 Å². The number of benzene rings is 2. The van der Waals surface area contributed by atoms with Gasteiger partial charge in [-0.3, -0.25) is 0 Å². The number of hydrogen-bond donors (Lipinski definition) is 1. The summed E-state index contributed by atoms with van der Waals surface area (Å²) in [5, 5.41) is 0. The van der Waals surface area contributed by atoms with E-state index in [1.807, 2.05) is 12.1 Å². The van der Waals surface area contributed by atoms with Crippen molar-refractivity contribution in [2.75, 3.05) is 14.2 Å². The minimum atomic E-state index is 0.137. The zero-order valence-corrected chi connectivity index (χ0v) is 12.5. The second kappa shape index (κ2) is 5.78. The Morgan fingerprint density at radius 2 is 1.86 bits per heavy atom. The van der Waals surface area contributed by atoms with Crippen LogP contribution in [-0.2, 0) is 12.8 Å². The third kappa shape index (κ3) is 2.61. The monoisotopic (exact) mass is 283 g/mol. The van der Waals surface area contributed by atoms with Crippen molar-refractivity contribution in [3.63, 3.8) is 0 Å². The molecule has 0 radical (unpaired) electrons. The van der Waals surface area contributed by atoms with Crippen LogP contribution in [0.1, 0.15) is 22.6 Å². The first-order valence-electron chi connectivity index (χ1n) is 7.27. The largest absolute Gasteiger partial charge is 0.493 e. The van der Waals surface area contributed by atoms with Crippen LogP contribution in [0.3, 0.4) is 0 Å². The molecule has 2 atom stereocenters. The minimum absolute atomic E-state index is 0.137. The smallest absolute Gasteiger partial charge is 0.160 e. The van der Waals surface area contributed by atoms with E-state index in [4.69, 9.17) is 15.2 Å². The van der Waals surface area contributed by atoms with Crippen molar-refractivity contribution in [2.45, 2.75) is 24.8 Å². The molecule has 3 nitrogen and oxygen atoms in total. The molecular weight excluding hydrogens is 262 g/mol. The maximum Gasteiger partial charge on any atom is 0.160 e. The molecule has 3 rings (SSSR count). The molecule has 0 spiro atoms. The van der Waals surface area contributed by atoms with Crippen molar-refractivity contribution in [3.05, 3.63) is 59.2 Å². The first-order valence-corrected chi connectivity index (χ1v) is 7.27. The maximum absolute atomic E-state index is 6.42. The van der Waals surface area contributed by atoms with Gasteiger partial charge in [0.2, 0.25) is 0 Å². The number of hydrogen-bond acceptors (Lipinski definition) is 3. The van der Waals surface area contributed by atoms with Crippen LogP contribution in [0.2, 0.25) is 0 Å². The quantitative estimate of drug-likeness (QED) is 0.917. The van der Waals surface area contributed by atoms with Crippen LogP contribution in [0, 0.1) is 0 Å².